The van der Waals surface area contributed by atoms with Crippen molar-refractivity contribution >= 4 is 11.9 Å². The van der Waals surface area contributed by atoms with E-state index in [1.54, 1.807) is 6.92 Å². The molecule has 0 bridgehead atoms. The minimum absolute atomic E-state index is 0.157. The Labute approximate surface area is 91.0 Å². The molecular formula is C9H10N2O5. The lowest BCUT2D eigenvalue weighted by Crippen LogP contribution is -2.16. The number of nitrogens with zero attached hydrogens (tertiary/aromatic N) is 2. The number of ether oxygens (including phenoxy) is 2. The summed E-state index contributed by atoms with van der Waals surface area (Å²) in [6.45, 7) is 1.51. The van der Waals surface area contributed by atoms with Gasteiger partial charge in [0, 0.05) is 6.20 Å². The maximum absolute atomic E-state index is 11.0. The van der Waals surface area contributed by atoms with Crippen molar-refractivity contribution in [2.75, 3.05) is 13.2 Å². The normalized spacial score (nSPS) is 9.56. The average Bonchev–Trinajstić information content (AvgIpc) is 2.27. The van der Waals surface area contributed by atoms with Gasteiger partial charge in [0.15, 0.2) is 6.61 Å². The molecule has 0 radical (unpaired) electrons. The van der Waals surface area contributed by atoms with Crippen LogP contribution in [-0.4, -0.2) is 40.2 Å². The van der Waals surface area contributed by atoms with Crippen LogP contribution < -0.4 is 4.74 Å². The summed E-state index contributed by atoms with van der Waals surface area (Å²) in [6, 6.07) is 0. The predicted octanol–water partition coefficient (Wildman–Crippen LogP) is 0.117. The SMILES string of the molecule is CCOC(=O)COc1ncncc1C(=O)O. The molecule has 0 unspecified atom stereocenters. The van der Waals surface area contributed by atoms with Gasteiger partial charge in [-0.1, -0.05) is 0 Å². The fourth-order valence-electron chi connectivity index (χ4n) is 0.910. The Balaban J connectivity index is 2.66. The van der Waals surface area contributed by atoms with E-state index < -0.39 is 11.9 Å². The molecule has 1 aromatic rings. The van der Waals surface area contributed by atoms with Gasteiger partial charge in [-0.05, 0) is 6.92 Å². The van der Waals surface area contributed by atoms with E-state index in [0.717, 1.165) is 12.5 Å². The molecule has 0 spiro atoms. The van der Waals surface area contributed by atoms with Gasteiger partial charge >= 0.3 is 11.9 Å². The molecule has 1 heterocycles. The topological polar surface area (TPSA) is 98.6 Å². The van der Waals surface area contributed by atoms with Crippen LogP contribution in [0, 0.1) is 0 Å². The molecule has 0 fully saturated rings. The lowest BCUT2D eigenvalue weighted by molar-refractivity contribution is -0.145. The van der Waals surface area contributed by atoms with Crippen LogP contribution in [0.25, 0.3) is 0 Å². The Kier molecular flexibility index (Phi) is 4.19. The van der Waals surface area contributed by atoms with Crippen LogP contribution in [0.3, 0.4) is 0 Å². The van der Waals surface area contributed by atoms with Gasteiger partial charge in [-0.15, -0.1) is 0 Å². The van der Waals surface area contributed by atoms with E-state index in [-0.39, 0.29) is 24.7 Å². The maximum atomic E-state index is 11.0. The molecule has 0 aromatic carbocycles. The van der Waals surface area contributed by atoms with Crippen LogP contribution in [0.15, 0.2) is 12.5 Å². The first-order valence-corrected chi connectivity index (χ1v) is 4.46. The van der Waals surface area contributed by atoms with E-state index in [9.17, 15) is 9.59 Å². The van der Waals surface area contributed by atoms with Crippen LogP contribution in [0.4, 0.5) is 0 Å². The van der Waals surface area contributed by atoms with E-state index in [1.165, 1.54) is 0 Å². The Morgan fingerprint density at radius 3 is 2.88 bits per heavy atom. The predicted molar refractivity (Wildman–Crippen MR) is 51.1 cm³/mol. The summed E-state index contributed by atoms with van der Waals surface area (Å²) in [6.07, 6.45) is 2.22. The summed E-state index contributed by atoms with van der Waals surface area (Å²) >= 11 is 0. The fourth-order valence-corrected chi connectivity index (χ4v) is 0.910. The van der Waals surface area contributed by atoms with Crippen LogP contribution in [0.2, 0.25) is 0 Å². The zero-order valence-corrected chi connectivity index (χ0v) is 8.54. The lowest BCUT2D eigenvalue weighted by Gasteiger charge is -2.06. The summed E-state index contributed by atoms with van der Waals surface area (Å²) in [4.78, 5) is 28.8. The van der Waals surface area contributed by atoms with Gasteiger partial charge in [-0.3, -0.25) is 0 Å². The van der Waals surface area contributed by atoms with Crippen molar-refractivity contribution in [3.8, 4) is 5.88 Å². The summed E-state index contributed by atoms with van der Waals surface area (Å²) in [5.41, 5.74) is -0.202. The number of rotatable bonds is 5. The van der Waals surface area contributed by atoms with Gasteiger partial charge in [0.25, 0.3) is 0 Å². The Bertz CT molecular complexity index is 393. The van der Waals surface area contributed by atoms with E-state index in [4.69, 9.17) is 9.84 Å². The fraction of sp³-hybridized carbons (Fsp3) is 0.333. The highest BCUT2D eigenvalue weighted by Crippen LogP contribution is 2.12. The molecule has 0 aliphatic rings. The van der Waals surface area contributed by atoms with E-state index in [1.807, 2.05) is 0 Å². The molecule has 0 aliphatic heterocycles. The first kappa shape index (κ1) is 11.9. The Hall–Kier alpha value is -2.18. The maximum Gasteiger partial charge on any atom is 0.344 e. The summed E-state index contributed by atoms with van der Waals surface area (Å²) in [7, 11) is 0. The van der Waals surface area contributed by atoms with Crippen molar-refractivity contribution in [1.29, 1.82) is 0 Å². The molecular weight excluding hydrogens is 216 g/mol. The van der Waals surface area contributed by atoms with E-state index in [0.29, 0.717) is 0 Å². The molecule has 7 nitrogen and oxygen atoms in total. The number of aromatic nitrogens is 2. The molecule has 0 saturated heterocycles. The van der Waals surface area contributed by atoms with Crippen LogP contribution in [0.5, 0.6) is 5.88 Å². The van der Waals surface area contributed by atoms with Gasteiger partial charge in [-0.2, -0.15) is 0 Å². The number of hydrogen-bond acceptors (Lipinski definition) is 6. The van der Waals surface area contributed by atoms with E-state index >= 15 is 0 Å². The number of carboxylic acid groups (broad SMARTS) is 1. The van der Waals surface area contributed by atoms with E-state index in [2.05, 4.69) is 14.7 Å². The lowest BCUT2D eigenvalue weighted by atomic mass is 10.3. The number of hydrogen-bond donors (Lipinski definition) is 1. The van der Waals surface area contributed by atoms with Crippen molar-refractivity contribution in [2.45, 2.75) is 6.92 Å². The zero-order valence-electron chi connectivity index (χ0n) is 8.54. The third kappa shape index (κ3) is 3.19. The third-order valence-electron chi connectivity index (χ3n) is 1.54. The summed E-state index contributed by atoms with van der Waals surface area (Å²) in [5.74, 6) is -1.97. The summed E-state index contributed by atoms with van der Waals surface area (Å²) in [5, 5.41) is 8.76. The first-order valence-electron chi connectivity index (χ1n) is 4.46. The average molecular weight is 226 g/mol. The van der Waals surface area contributed by atoms with Crippen molar-refractivity contribution in [2.24, 2.45) is 0 Å². The summed E-state index contributed by atoms with van der Waals surface area (Å²) < 4.78 is 9.52. The number of carbonyl (C=O) groups is 2. The van der Waals surface area contributed by atoms with Crippen LogP contribution >= 0.6 is 0 Å². The minimum atomic E-state index is -1.22. The highest BCUT2D eigenvalue weighted by molar-refractivity contribution is 5.89. The quantitative estimate of drug-likeness (QED) is 0.711. The molecule has 0 atom stereocenters. The molecule has 0 amide bonds. The van der Waals surface area contributed by atoms with Gasteiger partial charge < -0.3 is 14.6 Å². The standard InChI is InChI=1S/C9H10N2O5/c1-2-15-7(12)4-16-8-6(9(13)14)3-10-5-11-8/h3,5H,2,4H2,1H3,(H,13,14). The smallest absolute Gasteiger partial charge is 0.344 e. The first-order chi connectivity index (χ1) is 7.65. The zero-order chi connectivity index (χ0) is 12.0. The Morgan fingerprint density at radius 1 is 1.50 bits per heavy atom. The number of aromatic carboxylic acids is 1. The van der Waals surface area contributed by atoms with Gasteiger partial charge in [0.05, 0.1) is 6.61 Å². The molecule has 1 aromatic heterocycles. The van der Waals surface area contributed by atoms with Gasteiger partial charge in [0.1, 0.15) is 11.9 Å². The second kappa shape index (κ2) is 5.64. The van der Waals surface area contributed by atoms with Gasteiger partial charge in [0.2, 0.25) is 5.88 Å². The largest absolute Gasteiger partial charge is 0.477 e. The molecule has 0 saturated carbocycles. The number of esters is 1. The highest BCUT2D eigenvalue weighted by Gasteiger charge is 2.14. The third-order valence-corrected chi connectivity index (χ3v) is 1.54. The highest BCUT2D eigenvalue weighted by atomic mass is 16.6. The second-order valence-electron chi connectivity index (χ2n) is 2.64. The van der Waals surface area contributed by atoms with Crippen molar-refractivity contribution in [3.63, 3.8) is 0 Å². The molecule has 0 aliphatic carbocycles. The van der Waals surface area contributed by atoms with Crippen molar-refractivity contribution < 1.29 is 24.2 Å². The monoisotopic (exact) mass is 226 g/mol. The molecule has 1 N–H and O–H groups in total. The number of carboxylic acids is 1. The second-order valence-corrected chi connectivity index (χ2v) is 2.64. The number of carbonyl (C=O) groups excluding carboxylic acids is 1. The van der Waals surface area contributed by atoms with Crippen LogP contribution in [-0.2, 0) is 9.53 Å². The molecule has 7 heteroatoms. The molecule has 86 valence electrons. The van der Waals surface area contributed by atoms with Crippen LogP contribution in [0.1, 0.15) is 17.3 Å². The van der Waals surface area contributed by atoms with Gasteiger partial charge in [-0.25, -0.2) is 19.6 Å². The molecule has 1 rings (SSSR count). The Morgan fingerprint density at radius 2 is 2.25 bits per heavy atom. The minimum Gasteiger partial charge on any atom is -0.477 e. The molecule has 16 heavy (non-hydrogen) atoms. The van der Waals surface area contributed by atoms with Crippen molar-refractivity contribution in [3.05, 3.63) is 18.1 Å². The van der Waals surface area contributed by atoms with Crippen molar-refractivity contribution in [1.82, 2.24) is 9.97 Å².